The van der Waals surface area contributed by atoms with E-state index in [0.29, 0.717) is 12.4 Å². The second kappa shape index (κ2) is 6.49. The molecule has 2 aromatic rings. The molecule has 0 fully saturated rings. The molecular weight excluding hydrogens is 286 g/mol. The highest BCUT2D eigenvalue weighted by atomic mass is 32.2. The van der Waals surface area contributed by atoms with E-state index in [4.69, 9.17) is 9.26 Å². The Morgan fingerprint density at radius 3 is 3.05 bits per heavy atom. The second-order valence-corrected chi connectivity index (χ2v) is 6.15. The summed E-state index contributed by atoms with van der Waals surface area (Å²) in [5.41, 5.74) is 1.29. The fourth-order valence-corrected chi connectivity index (χ4v) is 2.92. The fourth-order valence-electron chi connectivity index (χ4n) is 2.54. The van der Waals surface area contributed by atoms with Gasteiger partial charge in [-0.2, -0.15) is 16.7 Å². The van der Waals surface area contributed by atoms with Crippen LogP contribution in [0.3, 0.4) is 0 Å². The largest absolute Gasteiger partial charge is 0.488 e. The molecule has 0 radical (unpaired) electrons. The number of rotatable bonds is 6. The van der Waals surface area contributed by atoms with E-state index in [0.717, 1.165) is 30.3 Å². The van der Waals surface area contributed by atoms with Crippen LogP contribution in [0.2, 0.25) is 0 Å². The number of likely N-dealkylation sites (N-methyl/N-ethyl adjacent to an activating group) is 1. The predicted octanol–water partition coefficient (Wildman–Crippen LogP) is 2.37. The van der Waals surface area contributed by atoms with Crippen molar-refractivity contribution in [2.24, 2.45) is 0 Å². The molecule has 2 heterocycles. The Bertz CT molecular complexity index is 577. The summed E-state index contributed by atoms with van der Waals surface area (Å²) in [6.45, 7) is 1.49. The van der Waals surface area contributed by atoms with Crippen LogP contribution in [0.5, 0.6) is 5.75 Å². The first kappa shape index (κ1) is 14.4. The topological polar surface area (TPSA) is 51.4 Å². The van der Waals surface area contributed by atoms with Crippen molar-refractivity contribution in [2.75, 3.05) is 19.8 Å². The van der Waals surface area contributed by atoms with Crippen molar-refractivity contribution >= 4 is 11.8 Å². The van der Waals surface area contributed by atoms with Crippen molar-refractivity contribution in [3.05, 3.63) is 41.5 Å². The van der Waals surface area contributed by atoms with E-state index in [9.17, 15) is 0 Å². The van der Waals surface area contributed by atoms with Gasteiger partial charge in [-0.3, -0.25) is 4.90 Å². The monoisotopic (exact) mass is 305 g/mol. The summed E-state index contributed by atoms with van der Waals surface area (Å²) >= 11 is 1.69. The van der Waals surface area contributed by atoms with Gasteiger partial charge in [0.15, 0.2) is 5.82 Å². The number of ether oxygens (including phenoxy) is 1. The van der Waals surface area contributed by atoms with Gasteiger partial charge in [0, 0.05) is 13.0 Å². The first-order valence-corrected chi connectivity index (χ1v) is 8.37. The summed E-state index contributed by atoms with van der Waals surface area (Å²) < 4.78 is 11.2. The van der Waals surface area contributed by atoms with Gasteiger partial charge in [-0.15, -0.1) is 0 Å². The summed E-state index contributed by atoms with van der Waals surface area (Å²) in [6, 6.07) is 8.22. The van der Waals surface area contributed by atoms with E-state index in [1.54, 1.807) is 11.8 Å². The molecule has 0 saturated carbocycles. The first-order valence-electron chi connectivity index (χ1n) is 6.98. The molecule has 3 rings (SSSR count). The number of fused-ring (bicyclic) bond motifs is 1. The molecule has 0 N–H and O–H groups in total. The van der Waals surface area contributed by atoms with Crippen molar-refractivity contribution < 1.29 is 9.26 Å². The van der Waals surface area contributed by atoms with Gasteiger partial charge in [0.2, 0.25) is 5.89 Å². The van der Waals surface area contributed by atoms with Gasteiger partial charge in [0.25, 0.3) is 0 Å². The summed E-state index contributed by atoms with van der Waals surface area (Å²) in [7, 11) is 2.05. The second-order valence-electron chi connectivity index (χ2n) is 5.29. The average Bonchev–Trinajstić information content (AvgIpc) is 3.05. The number of thioether (sulfide) groups is 1. The number of para-hydroxylation sites is 1. The molecule has 6 heteroatoms. The lowest BCUT2D eigenvalue weighted by molar-refractivity contribution is 0.155. The molecule has 1 aliphatic rings. The van der Waals surface area contributed by atoms with E-state index < -0.39 is 0 Å². The van der Waals surface area contributed by atoms with Crippen molar-refractivity contribution in [3.8, 4) is 5.75 Å². The summed E-state index contributed by atoms with van der Waals surface area (Å²) in [5, 5.41) is 3.96. The lowest BCUT2D eigenvalue weighted by atomic mass is 10.1. The molecule has 1 aliphatic heterocycles. The zero-order chi connectivity index (χ0) is 14.7. The predicted molar refractivity (Wildman–Crippen MR) is 82.4 cm³/mol. The average molecular weight is 305 g/mol. The molecule has 1 atom stereocenters. The highest BCUT2D eigenvalue weighted by molar-refractivity contribution is 7.97. The maximum atomic E-state index is 5.95. The van der Waals surface area contributed by atoms with Gasteiger partial charge in [-0.25, -0.2) is 0 Å². The maximum Gasteiger partial charge on any atom is 0.240 e. The van der Waals surface area contributed by atoms with Gasteiger partial charge in [-0.1, -0.05) is 23.4 Å². The fraction of sp³-hybridized carbons (Fsp3) is 0.467. The minimum atomic E-state index is 0.195. The number of aromatic nitrogens is 2. The van der Waals surface area contributed by atoms with Crippen LogP contribution in [0, 0.1) is 0 Å². The van der Waals surface area contributed by atoms with Gasteiger partial charge < -0.3 is 9.26 Å². The van der Waals surface area contributed by atoms with Gasteiger partial charge in [0.05, 0.1) is 12.3 Å². The van der Waals surface area contributed by atoms with Gasteiger partial charge >= 0.3 is 0 Å². The number of hydrogen-bond donors (Lipinski definition) is 0. The Labute approximate surface area is 128 Å². The molecule has 5 nitrogen and oxygen atoms in total. The van der Waals surface area contributed by atoms with Gasteiger partial charge in [0.1, 0.15) is 11.9 Å². The normalized spacial score (nSPS) is 17.0. The zero-order valence-corrected chi connectivity index (χ0v) is 13.1. The van der Waals surface area contributed by atoms with E-state index in [-0.39, 0.29) is 6.10 Å². The van der Waals surface area contributed by atoms with E-state index >= 15 is 0 Å². The first-order chi connectivity index (χ1) is 10.2. The lowest BCUT2D eigenvalue weighted by Crippen LogP contribution is -2.31. The van der Waals surface area contributed by atoms with Crippen LogP contribution in [-0.2, 0) is 18.7 Å². The van der Waals surface area contributed by atoms with Crippen molar-refractivity contribution in [2.45, 2.75) is 24.8 Å². The molecule has 0 bridgehead atoms. The Hall–Kier alpha value is -1.53. The summed E-state index contributed by atoms with van der Waals surface area (Å²) in [4.78, 5) is 6.53. The van der Waals surface area contributed by atoms with E-state index in [2.05, 4.69) is 27.2 Å². The van der Waals surface area contributed by atoms with Crippen LogP contribution in [0.25, 0.3) is 0 Å². The number of benzene rings is 1. The Kier molecular flexibility index (Phi) is 4.45. The van der Waals surface area contributed by atoms with E-state index in [1.807, 2.05) is 25.4 Å². The van der Waals surface area contributed by atoms with Crippen molar-refractivity contribution in [1.82, 2.24) is 15.0 Å². The third kappa shape index (κ3) is 3.57. The molecule has 0 amide bonds. The van der Waals surface area contributed by atoms with Crippen LogP contribution < -0.4 is 4.74 Å². The molecule has 112 valence electrons. The number of hydrogen-bond acceptors (Lipinski definition) is 6. The molecule has 0 saturated heterocycles. The summed E-state index contributed by atoms with van der Waals surface area (Å²) in [5.74, 6) is 3.22. The molecule has 21 heavy (non-hydrogen) atoms. The maximum absolute atomic E-state index is 5.95. The van der Waals surface area contributed by atoms with Gasteiger partial charge in [-0.05, 0) is 24.9 Å². The van der Waals surface area contributed by atoms with Crippen LogP contribution in [0.1, 0.15) is 17.3 Å². The Balaban J connectivity index is 1.52. The quantitative estimate of drug-likeness (QED) is 0.816. The third-order valence-electron chi connectivity index (χ3n) is 3.42. The Morgan fingerprint density at radius 2 is 2.24 bits per heavy atom. The molecular formula is C15H19N3O2S. The molecule has 1 unspecified atom stereocenters. The third-order valence-corrected chi connectivity index (χ3v) is 3.96. The minimum absolute atomic E-state index is 0.195. The van der Waals surface area contributed by atoms with Crippen molar-refractivity contribution in [1.29, 1.82) is 0 Å². The highest BCUT2D eigenvalue weighted by Gasteiger charge is 2.24. The molecule has 0 aliphatic carbocycles. The lowest BCUT2D eigenvalue weighted by Gasteiger charge is -2.18. The highest BCUT2D eigenvalue weighted by Crippen LogP contribution is 2.28. The standard InChI is InChI=1S/C15H19N3O2S/c1-18(9-15-16-14(10-21-2)17-20-15)8-12-7-11-5-3-4-6-13(11)19-12/h3-6,12H,7-10H2,1-2H3. The van der Waals surface area contributed by atoms with Crippen LogP contribution >= 0.6 is 11.8 Å². The van der Waals surface area contributed by atoms with Crippen molar-refractivity contribution in [3.63, 3.8) is 0 Å². The molecule has 1 aromatic heterocycles. The Morgan fingerprint density at radius 1 is 1.38 bits per heavy atom. The van der Waals surface area contributed by atoms with Crippen LogP contribution in [0.4, 0.5) is 0 Å². The molecule has 0 spiro atoms. The van der Waals surface area contributed by atoms with Crippen LogP contribution in [-0.4, -0.2) is 41.0 Å². The SMILES string of the molecule is CSCc1noc(CN(C)CC2Cc3ccccc3O2)n1. The molecule has 1 aromatic carbocycles. The van der Waals surface area contributed by atoms with Crippen LogP contribution in [0.15, 0.2) is 28.8 Å². The zero-order valence-electron chi connectivity index (χ0n) is 12.3. The number of nitrogens with zero attached hydrogens (tertiary/aromatic N) is 3. The summed E-state index contributed by atoms with van der Waals surface area (Å²) in [6.07, 6.45) is 3.18. The van der Waals surface area contributed by atoms with E-state index in [1.165, 1.54) is 5.56 Å². The smallest absolute Gasteiger partial charge is 0.240 e. The minimum Gasteiger partial charge on any atom is -0.488 e.